The first-order valence-electron chi connectivity index (χ1n) is 6.63. The van der Waals surface area contributed by atoms with Gasteiger partial charge in [0.15, 0.2) is 0 Å². The molecule has 6 nitrogen and oxygen atoms in total. The van der Waals surface area contributed by atoms with Crippen LogP contribution >= 0.6 is 0 Å². The van der Waals surface area contributed by atoms with Crippen LogP contribution in [0.4, 0.5) is 0 Å². The van der Waals surface area contributed by atoms with E-state index in [4.69, 9.17) is 9.47 Å². The lowest BCUT2D eigenvalue weighted by Gasteiger charge is -2.31. The van der Waals surface area contributed by atoms with Crippen LogP contribution in [-0.2, 0) is 24.3 Å². The second-order valence-corrected chi connectivity index (χ2v) is 6.97. The van der Waals surface area contributed by atoms with Gasteiger partial charge in [-0.05, 0) is 33.6 Å². The normalized spacial score (nSPS) is 17.9. The maximum absolute atomic E-state index is 12.5. The average molecular weight is 293 g/mol. The van der Waals surface area contributed by atoms with Crippen molar-refractivity contribution in [1.29, 1.82) is 0 Å². The molecule has 0 radical (unpaired) electrons. The third kappa shape index (κ3) is 4.43. The van der Waals surface area contributed by atoms with Crippen LogP contribution in [0.3, 0.4) is 0 Å². The Morgan fingerprint density at radius 3 is 2.42 bits per heavy atom. The molecule has 0 N–H and O–H groups in total. The first-order chi connectivity index (χ1) is 8.89. The van der Waals surface area contributed by atoms with Crippen molar-refractivity contribution in [2.24, 2.45) is 0 Å². The molecule has 1 aliphatic rings. The molecule has 0 saturated carbocycles. The molecule has 0 unspecified atom stereocenters. The summed E-state index contributed by atoms with van der Waals surface area (Å²) in [6, 6.07) is -0.266. The Hall–Kier alpha value is -0.660. The average Bonchev–Trinajstić information content (AvgIpc) is 2.37. The molecule has 1 heterocycles. The van der Waals surface area contributed by atoms with E-state index < -0.39 is 21.2 Å². The highest BCUT2D eigenvalue weighted by molar-refractivity contribution is 7.89. The molecule has 0 aromatic rings. The molecule has 1 aliphatic heterocycles. The summed E-state index contributed by atoms with van der Waals surface area (Å²) in [7, 11) is -3.48. The molecule has 7 heteroatoms. The maximum atomic E-state index is 12.5. The van der Waals surface area contributed by atoms with E-state index in [0.29, 0.717) is 26.1 Å². The molecular formula is C12H23NO5S. The van der Waals surface area contributed by atoms with Gasteiger partial charge in [-0.3, -0.25) is 4.79 Å². The Bertz CT molecular complexity index is 387. The quantitative estimate of drug-likeness (QED) is 0.676. The van der Waals surface area contributed by atoms with Gasteiger partial charge in [0.2, 0.25) is 10.0 Å². The van der Waals surface area contributed by atoms with E-state index in [2.05, 4.69) is 0 Å². The van der Waals surface area contributed by atoms with Gasteiger partial charge in [0.1, 0.15) is 6.54 Å². The van der Waals surface area contributed by atoms with E-state index in [1.165, 1.54) is 4.31 Å². The van der Waals surface area contributed by atoms with E-state index >= 15 is 0 Å². The van der Waals surface area contributed by atoms with Crippen LogP contribution < -0.4 is 0 Å². The largest absolute Gasteiger partial charge is 0.465 e. The summed E-state index contributed by atoms with van der Waals surface area (Å²) in [6.45, 7) is 6.16. The van der Waals surface area contributed by atoms with E-state index in [-0.39, 0.29) is 19.2 Å². The Labute approximate surface area is 115 Å². The van der Waals surface area contributed by atoms with Crippen LogP contribution in [0.25, 0.3) is 0 Å². The molecule has 1 saturated heterocycles. The predicted octanol–water partition coefficient (Wildman–Crippen LogP) is 0.769. The second kappa shape index (κ2) is 7.21. The van der Waals surface area contributed by atoms with Crippen LogP contribution in [0.5, 0.6) is 0 Å². The molecule has 1 rings (SSSR count). The smallest absolute Gasteiger partial charge is 0.321 e. The SMILES string of the molecule is CCOC(=O)CN(C(C)C)S(=O)(=O)C1CCOCC1. The molecule has 19 heavy (non-hydrogen) atoms. The van der Waals surface area contributed by atoms with Crippen molar-refractivity contribution in [2.75, 3.05) is 26.4 Å². The minimum absolute atomic E-state index is 0.217. The molecule has 1 fully saturated rings. The highest BCUT2D eigenvalue weighted by Crippen LogP contribution is 2.21. The molecule has 0 amide bonds. The van der Waals surface area contributed by atoms with Crippen molar-refractivity contribution in [3.63, 3.8) is 0 Å². The minimum atomic E-state index is -3.48. The molecule has 0 aromatic carbocycles. The van der Waals surface area contributed by atoms with Gasteiger partial charge in [-0.1, -0.05) is 0 Å². The number of ether oxygens (including phenoxy) is 2. The zero-order chi connectivity index (χ0) is 14.5. The molecule has 0 aliphatic carbocycles. The number of carbonyl (C=O) groups is 1. The Balaban J connectivity index is 2.81. The fourth-order valence-corrected chi connectivity index (χ4v) is 4.11. The Kier molecular flexibility index (Phi) is 6.22. The molecule has 0 aromatic heterocycles. The van der Waals surface area contributed by atoms with Crippen LogP contribution in [0.15, 0.2) is 0 Å². The van der Waals surface area contributed by atoms with Gasteiger partial charge in [0.05, 0.1) is 11.9 Å². The predicted molar refractivity (Wildman–Crippen MR) is 71.2 cm³/mol. The molecule has 0 spiro atoms. The highest BCUT2D eigenvalue weighted by atomic mass is 32.2. The summed E-state index contributed by atoms with van der Waals surface area (Å²) in [5.74, 6) is -0.508. The van der Waals surface area contributed by atoms with E-state index in [1.54, 1.807) is 20.8 Å². The number of esters is 1. The minimum Gasteiger partial charge on any atom is -0.465 e. The lowest BCUT2D eigenvalue weighted by atomic mass is 10.2. The topological polar surface area (TPSA) is 72.9 Å². The first-order valence-corrected chi connectivity index (χ1v) is 8.14. The third-order valence-corrected chi connectivity index (χ3v) is 5.60. The second-order valence-electron chi connectivity index (χ2n) is 4.80. The maximum Gasteiger partial charge on any atom is 0.321 e. The standard InChI is InChI=1S/C12H23NO5S/c1-4-18-12(14)9-13(10(2)3)19(15,16)11-5-7-17-8-6-11/h10-11H,4-9H2,1-3H3. The lowest BCUT2D eigenvalue weighted by Crippen LogP contribution is -2.47. The van der Waals surface area contributed by atoms with Crippen molar-refractivity contribution in [3.8, 4) is 0 Å². The number of sulfonamides is 1. The van der Waals surface area contributed by atoms with Gasteiger partial charge in [-0.2, -0.15) is 4.31 Å². The van der Waals surface area contributed by atoms with Crippen LogP contribution in [0, 0.1) is 0 Å². The summed E-state index contributed by atoms with van der Waals surface area (Å²) < 4.78 is 36.3. The van der Waals surface area contributed by atoms with Gasteiger partial charge < -0.3 is 9.47 Å². The molecular weight excluding hydrogens is 270 g/mol. The fraction of sp³-hybridized carbons (Fsp3) is 0.917. The molecule has 0 bridgehead atoms. The van der Waals surface area contributed by atoms with Crippen molar-refractivity contribution in [1.82, 2.24) is 4.31 Å². The van der Waals surface area contributed by atoms with E-state index in [1.807, 2.05) is 0 Å². The zero-order valence-corrected chi connectivity index (χ0v) is 12.6. The number of hydrogen-bond donors (Lipinski definition) is 0. The summed E-state index contributed by atoms with van der Waals surface area (Å²) in [6.07, 6.45) is 0.961. The number of rotatable bonds is 6. The first kappa shape index (κ1) is 16.4. The van der Waals surface area contributed by atoms with Gasteiger partial charge >= 0.3 is 5.97 Å². The van der Waals surface area contributed by atoms with Crippen molar-refractivity contribution in [3.05, 3.63) is 0 Å². The van der Waals surface area contributed by atoms with Gasteiger partial charge in [0.25, 0.3) is 0 Å². The van der Waals surface area contributed by atoms with Crippen molar-refractivity contribution < 1.29 is 22.7 Å². The number of nitrogens with zero attached hydrogens (tertiary/aromatic N) is 1. The summed E-state index contributed by atoms with van der Waals surface area (Å²) in [5, 5.41) is -0.460. The van der Waals surface area contributed by atoms with E-state index in [9.17, 15) is 13.2 Å². The van der Waals surface area contributed by atoms with Gasteiger partial charge in [-0.15, -0.1) is 0 Å². The van der Waals surface area contributed by atoms with Crippen molar-refractivity contribution >= 4 is 16.0 Å². The summed E-state index contributed by atoms with van der Waals surface area (Å²) >= 11 is 0. The molecule has 112 valence electrons. The summed E-state index contributed by atoms with van der Waals surface area (Å²) in [5.41, 5.74) is 0. The van der Waals surface area contributed by atoms with Gasteiger partial charge in [0, 0.05) is 19.3 Å². The van der Waals surface area contributed by atoms with Gasteiger partial charge in [-0.25, -0.2) is 8.42 Å². The summed E-state index contributed by atoms with van der Waals surface area (Å²) in [4.78, 5) is 11.5. The van der Waals surface area contributed by atoms with E-state index in [0.717, 1.165) is 0 Å². The monoisotopic (exact) mass is 293 g/mol. The Morgan fingerprint density at radius 2 is 1.95 bits per heavy atom. The van der Waals surface area contributed by atoms with Crippen molar-refractivity contribution in [2.45, 2.75) is 44.9 Å². The third-order valence-electron chi connectivity index (χ3n) is 3.08. The number of hydrogen-bond acceptors (Lipinski definition) is 5. The number of carbonyl (C=O) groups excluding carboxylic acids is 1. The highest BCUT2D eigenvalue weighted by Gasteiger charge is 2.36. The van der Waals surface area contributed by atoms with Crippen LogP contribution in [0.2, 0.25) is 0 Å². The molecule has 0 atom stereocenters. The lowest BCUT2D eigenvalue weighted by molar-refractivity contribution is -0.143. The Morgan fingerprint density at radius 1 is 1.37 bits per heavy atom. The fourth-order valence-electron chi connectivity index (χ4n) is 2.07. The zero-order valence-electron chi connectivity index (χ0n) is 11.8. The van der Waals surface area contributed by atoms with Crippen LogP contribution in [-0.4, -0.2) is 56.3 Å². The van der Waals surface area contributed by atoms with Crippen LogP contribution in [0.1, 0.15) is 33.6 Å².